The monoisotopic (exact) mass is 245 g/mol. The van der Waals surface area contributed by atoms with E-state index in [9.17, 15) is 4.79 Å². The molecule has 6 nitrogen and oxygen atoms in total. The van der Waals surface area contributed by atoms with Crippen molar-refractivity contribution in [2.45, 2.75) is 19.9 Å². The van der Waals surface area contributed by atoms with Crippen LogP contribution in [0.2, 0.25) is 0 Å². The molecule has 0 aliphatic rings. The fourth-order valence-electron chi connectivity index (χ4n) is 1.67. The first-order valence-electron chi connectivity index (χ1n) is 5.61. The van der Waals surface area contributed by atoms with Crippen molar-refractivity contribution in [3.05, 3.63) is 41.5 Å². The molecule has 2 rings (SSSR count). The quantitative estimate of drug-likeness (QED) is 0.707. The van der Waals surface area contributed by atoms with Crippen LogP contribution in [0.3, 0.4) is 0 Å². The third-order valence-corrected chi connectivity index (χ3v) is 2.81. The smallest absolute Gasteiger partial charge is 0.252 e. The lowest BCUT2D eigenvalue weighted by Crippen LogP contribution is -2.28. The highest BCUT2D eigenvalue weighted by Gasteiger charge is 2.15. The summed E-state index contributed by atoms with van der Waals surface area (Å²) in [5.74, 6) is 0.439. The van der Waals surface area contributed by atoms with Crippen molar-refractivity contribution < 1.29 is 4.79 Å². The van der Waals surface area contributed by atoms with E-state index in [-0.39, 0.29) is 11.9 Å². The number of amides is 1. The third kappa shape index (κ3) is 2.32. The van der Waals surface area contributed by atoms with Crippen LogP contribution in [-0.4, -0.2) is 21.1 Å². The summed E-state index contributed by atoms with van der Waals surface area (Å²) in [6.07, 6.45) is 1.41. The molecule has 1 amide bonds. The summed E-state index contributed by atoms with van der Waals surface area (Å²) in [6.45, 7) is 3.66. The molecule has 1 aromatic heterocycles. The van der Waals surface area contributed by atoms with E-state index >= 15 is 0 Å². The number of hydrogen-bond acceptors (Lipinski definition) is 4. The van der Waals surface area contributed by atoms with Gasteiger partial charge in [-0.3, -0.25) is 9.89 Å². The first-order chi connectivity index (χ1) is 8.59. The molecule has 2 aromatic rings. The number of benzene rings is 1. The molecule has 0 radical (unpaired) electrons. The van der Waals surface area contributed by atoms with Crippen molar-refractivity contribution in [1.82, 2.24) is 20.5 Å². The number of carbonyl (C=O) groups is 1. The number of rotatable bonds is 3. The molecule has 1 aromatic carbocycles. The van der Waals surface area contributed by atoms with Crippen LogP contribution < -0.4 is 11.1 Å². The lowest BCUT2D eigenvalue weighted by molar-refractivity contribution is 0.0938. The van der Waals surface area contributed by atoms with Gasteiger partial charge in [-0.1, -0.05) is 6.07 Å². The van der Waals surface area contributed by atoms with Crippen LogP contribution in [0.1, 0.15) is 34.7 Å². The van der Waals surface area contributed by atoms with Gasteiger partial charge in [-0.05, 0) is 31.5 Å². The fourth-order valence-corrected chi connectivity index (χ4v) is 1.67. The van der Waals surface area contributed by atoms with Crippen LogP contribution in [0, 0.1) is 6.92 Å². The summed E-state index contributed by atoms with van der Waals surface area (Å²) < 4.78 is 0. The molecule has 0 aliphatic carbocycles. The van der Waals surface area contributed by atoms with Crippen molar-refractivity contribution in [2.75, 3.05) is 5.73 Å². The van der Waals surface area contributed by atoms with Crippen LogP contribution in [-0.2, 0) is 0 Å². The topological polar surface area (TPSA) is 96.7 Å². The number of nitrogens with one attached hydrogen (secondary N) is 2. The molecule has 1 unspecified atom stereocenters. The standard InChI is InChI=1S/C12H15N5O/c1-7-9(4-3-5-10(7)13)12(18)16-8(2)11-14-6-15-17-11/h3-6,8H,13H2,1-2H3,(H,16,18)(H,14,15,17). The highest BCUT2D eigenvalue weighted by molar-refractivity contribution is 5.97. The Morgan fingerprint density at radius 2 is 2.28 bits per heavy atom. The zero-order valence-electron chi connectivity index (χ0n) is 10.3. The van der Waals surface area contributed by atoms with Crippen molar-refractivity contribution in [1.29, 1.82) is 0 Å². The summed E-state index contributed by atoms with van der Waals surface area (Å²) >= 11 is 0. The number of nitrogen functional groups attached to an aromatic ring is 1. The average Bonchev–Trinajstić information content (AvgIpc) is 2.86. The van der Waals surface area contributed by atoms with Gasteiger partial charge in [0.05, 0.1) is 6.04 Å². The highest BCUT2D eigenvalue weighted by atomic mass is 16.1. The largest absolute Gasteiger partial charge is 0.398 e. The molecular formula is C12H15N5O. The maximum atomic E-state index is 12.1. The minimum absolute atomic E-state index is 0.177. The number of aromatic amines is 1. The van der Waals surface area contributed by atoms with Crippen molar-refractivity contribution in [3.8, 4) is 0 Å². The van der Waals surface area contributed by atoms with Crippen molar-refractivity contribution in [3.63, 3.8) is 0 Å². The lowest BCUT2D eigenvalue weighted by Gasteiger charge is -2.13. The van der Waals surface area contributed by atoms with Gasteiger partial charge >= 0.3 is 0 Å². The van der Waals surface area contributed by atoms with Gasteiger partial charge < -0.3 is 11.1 Å². The Hall–Kier alpha value is -2.37. The number of aromatic nitrogens is 3. The molecule has 4 N–H and O–H groups in total. The van der Waals surface area contributed by atoms with Crippen LogP contribution in [0.15, 0.2) is 24.5 Å². The second-order valence-electron chi connectivity index (χ2n) is 4.09. The fraction of sp³-hybridized carbons (Fsp3) is 0.250. The molecule has 0 bridgehead atoms. The van der Waals surface area contributed by atoms with E-state index in [0.29, 0.717) is 17.1 Å². The Labute approximate surface area is 105 Å². The molecule has 1 heterocycles. The normalized spacial score (nSPS) is 12.1. The minimum Gasteiger partial charge on any atom is -0.398 e. The molecule has 0 saturated heterocycles. The summed E-state index contributed by atoms with van der Waals surface area (Å²) in [5.41, 5.74) is 7.73. The van der Waals surface area contributed by atoms with Crippen LogP contribution in [0.25, 0.3) is 0 Å². The van der Waals surface area contributed by atoms with E-state index in [2.05, 4.69) is 20.5 Å². The molecule has 18 heavy (non-hydrogen) atoms. The average molecular weight is 245 g/mol. The maximum absolute atomic E-state index is 12.1. The highest BCUT2D eigenvalue weighted by Crippen LogP contribution is 2.16. The molecule has 0 spiro atoms. The van der Waals surface area contributed by atoms with E-state index in [4.69, 9.17) is 5.73 Å². The molecular weight excluding hydrogens is 230 g/mol. The molecule has 0 saturated carbocycles. The van der Waals surface area contributed by atoms with Crippen molar-refractivity contribution in [2.24, 2.45) is 0 Å². The maximum Gasteiger partial charge on any atom is 0.252 e. The Kier molecular flexibility index (Phi) is 3.27. The Balaban J connectivity index is 2.15. The molecule has 94 valence electrons. The van der Waals surface area contributed by atoms with Gasteiger partial charge in [0.25, 0.3) is 5.91 Å². The van der Waals surface area contributed by atoms with E-state index in [1.54, 1.807) is 18.2 Å². The van der Waals surface area contributed by atoms with Gasteiger partial charge in [-0.25, -0.2) is 4.98 Å². The predicted octanol–water partition coefficient (Wildman–Crippen LogP) is 1.19. The number of H-pyrrole nitrogens is 1. The van der Waals surface area contributed by atoms with Crippen LogP contribution >= 0.6 is 0 Å². The van der Waals surface area contributed by atoms with Gasteiger partial charge in [0, 0.05) is 11.3 Å². The first-order valence-corrected chi connectivity index (χ1v) is 5.61. The van der Waals surface area contributed by atoms with E-state index in [1.165, 1.54) is 6.33 Å². The zero-order valence-corrected chi connectivity index (χ0v) is 10.3. The minimum atomic E-state index is -0.235. The number of nitrogens with zero attached hydrogens (tertiary/aromatic N) is 2. The second kappa shape index (κ2) is 4.87. The number of carbonyl (C=O) groups excluding carboxylic acids is 1. The number of nitrogens with two attached hydrogens (primary N) is 1. The van der Waals surface area contributed by atoms with Crippen molar-refractivity contribution >= 4 is 11.6 Å². The SMILES string of the molecule is Cc1c(N)cccc1C(=O)NC(C)c1ncn[nH]1. The van der Waals surface area contributed by atoms with Gasteiger partial charge in [-0.15, -0.1) is 0 Å². The Morgan fingerprint density at radius 1 is 1.50 bits per heavy atom. The van der Waals surface area contributed by atoms with Gasteiger partial charge in [0.2, 0.25) is 0 Å². The van der Waals surface area contributed by atoms with Crippen LogP contribution in [0.5, 0.6) is 0 Å². The molecule has 1 atom stereocenters. The summed E-state index contributed by atoms with van der Waals surface area (Å²) in [7, 11) is 0. The summed E-state index contributed by atoms with van der Waals surface area (Å²) in [6, 6.07) is 5.04. The molecule has 0 fully saturated rings. The predicted molar refractivity (Wildman–Crippen MR) is 67.9 cm³/mol. The Morgan fingerprint density at radius 3 is 2.94 bits per heavy atom. The molecule has 6 heteroatoms. The summed E-state index contributed by atoms with van der Waals surface area (Å²) in [4.78, 5) is 16.1. The van der Waals surface area contributed by atoms with Gasteiger partial charge in [0.1, 0.15) is 12.2 Å². The Bertz CT molecular complexity index is 550. The molecule has 0 aliphatic heterocycles. The zero-order chi connectivity index (χ0) is 13.1. The lowest BCUT2D eigenvalue weighted by atomic mass is 10.1. The van der Waals surface area contributed by atoms with E-state index < -0.39 is 0 Å². The van der Waals surface area contributed by atoms with Gasteiger partial charge in [0.15, 0.2) is 0 Å². The third-order valence-electron chi connectivity index (χ3n) is 2.81. The first kappa shape index (κ1) is 12.1. The van der Waals surface area contributed by atoms with Gasteiger partial charge in [-0.2, -0.15) is 5.10 Å². The summed E-state index contributed by atoms with van der Waals surface area (Å²) in [5, 5.41) is 9.31. The van der Waals surface area contributed by atoms with E-state index in [0.717, 1.165) is 5.56 Å². The number of anilines is 1. The second-order valence-corrected chi connectivity index (χ2v) is 4.09. The van der Waals surface area contributed by atoms with Crippen LogP contribution in [0.4, 0.5) is 5.69 Å². The van der Waals surface area contributed by atoms with E-state index in [1.807, 2.05) is 13.8 Å². The number of hydrogen-bond donors (Lipinski definition) is 3.